The number of thiophene rings is 2. The Bertz CT molecular complexity index is 2520. The highest BCUT2D eigenvalue weighted by atomic mass is 32.1. The zero-order chi connectivity index (χ0) is 32.5. The van der Waals surface area contributed by atoms with E-state index < -0.39 is 5.91 Å². The van der Waals surface area contributed by atoms with Crippen LogP contribution in [0.4, 0.5) is 23.0 Å². The van der Waals surface area contributed by atoms with E-state index in [1.54, 1.807) is 34.8 Å². The minimum atomic E-state index is -0.447. The number of rotatable bonds is 6. The third-order valence-corrected chi connectivity index (χ3v) is 9.92. The van der Waals surface area contributed by atoms with Crippen LogP contribution in [0, 0.1) is 0 Å². The summed E-state index contributed by atoms with van der Waals surface area (Å²) in [6, 6.07) is 36.0. The molecular weight excluding hydrogens is 635 g/mol. The smallest absolute Gasteiger partial charge is 0.248 e. The van der Waals surface area contributed by atoms with Gasteiger partial charge in [0, 0.05) is 66.1 Å². The molecular formula is C38H27N7OS2. The van der Waals surface area contributed by atoms with Gasteiger partial charge in [-0.1, -0.05) is 54.6 Å². The minimum absolute atomic E-state index is 0.447. The lowest BCUT2D eigenvalue weighted by Gasteiger charge is -2.10. The standard InChI is InChI=1S/C20H14N4S.C18H13N3OS/c1-2-4-14(5-3-1)22-20-16-9-11-25-19(16)15-7-6-13(12-18(15)23-20)17-8-10-21-24-17;19-17(22)11-6-7-13-15(10-11)21-18(14-8-9-23-16(13)14)20-12-4-2-1-3-5-12/h1-7,9-12H,8H2,(H,22,23);1-10H,(H2,19,22)(H,20,21). The number of nitrogens with zero attached hydrogens (tertiary/aromatic N) is 4. The maximum absolute atomic E-state index is 11.4. The van der Waals surface area contributed by atoms with Crippen LogP contribution in [0.3, 0.4) is 0 Å². The third kappa shape index (κ3) is 5.74. The van der Waals surface area contributed by atoms with Crippen molar-refractivity contribution in [3.05, 3.63) is 131 Å². The largest absolute Gasteiger partial charge is 0.366 e. The molecule has 0 unspecified atom stereocenters. The van der Waals surface area contributed by atoms with Crippen LogP contribution in [0.25, 0.3) is 42.0 Å². The number of anilines is 4. The quantitative estimate of drug-likeness (QED) is 0.164. The van der Waals surface area contributed by atoms with Crippen molar-refractivity contribution in [1.29, 1.82) is 0 Å². The molecule has 0 saturated heterocycles. The van der Waals surface area contributed by atoms with Gasteiger partial charge in [0.1, 0.15) is 11.6 Å². The van der Waals surface area contributed by atoms with E-state index in [9.17, 15) is 4.79 Å². The Balaban J connectivity index is 0.000000141. The summed E-state index contributed by atoms with van der Waals surface area (Å²) in [5.74, 6) is 1.22. The molecule has 0 atom stereocenters. The van der Waals surface area contributed by atoms with E-state index in [2.05, 4.69) is 56.5 Å². The number of pyridine rings is 2. The molecule has 0 bridgehead atoms. The molecule has 0 fully saturated rings. The molecule has 10 heteroatoms. The van der Waals surface area contributed by atoms with Gasteiger partial charge in [0.25, 0.3) is 0 Å². The van der Waals surface area contributed by atoms with Crippen LogP contribution >= 0.6 is 22.7 Å². The number of hydrogen-bond donors (Lipinski definition) is 3. The van der Waals surface area contributed by atoms with Gasteiger partial charge >= 0.3 is 0 Å². The van der Waals surface area contributed by atoms with Crippen LogP contribution in [-0.2, 0) is 0 Å². The summed E-state index contributed by atoms with van der Waals surface area (Å²) in [6.45, 7) is 0. The Kier molecular flexibility index (Phi) is 7.77. The van der Waals surface area contributed by atoms with Crippen molar-refractivity contribution in [2.75, 3.05) is 10.6 Å². The molecule has 0 aliphatic carbocycles. The molecule has 48 heavy (non-hydrogen) atoms. The van der Waals surface area contributed by atoms with E-state index in [1.165, 1.54) is 10.1 Å². The fourth-order valence-electron chi connectivity index (χ4n) is 5.70. The monoisotopic (exact) mass is 661 g/mol. The number of para-hydroxylation sites is 2. The molecule has 8 nitrogen and oxygen atoms in total. The minimum Gasteiger partial charge on any atom is -0.366 e. The predicted molar refractivity (Wildman–Crippen MR) is 202 cm³/mol. The van der Waals surface area contributed by atoms with Crippen molar-refractivity contribution in [3.63, 3.8) is 0 Å². The van der Waals surface area contributed by atoms with Gasteiger partial charge in [0.2, 0.25) is 5.91 Å². The van der Waals surface area contributed by atoms with E-state index in [1.807, 2.05) is 78.3 Å². The molecule has 4 aromatic carbocycles. The third-order valence-electron chi connectivity index (χ3n) is 8.03. The first-order chi connectivity index (χ1) is 23.6. The second kappa shape index (κ2) is 12.7. The second-order valence-corrected chi connectivity index (χ2v) is 12.9. The summed E-state index contributed by atoms with van der Waals surface area (Å²) in [7, 11) is 0. The van der Waals surface area contributed by atoms with Crippen molar-refractivity contribution in [3.8, 4) is 0 Å². The number of aromatic nitrogens is 2. The average Bonchev–Trinajstić information content (AvgIpc) is 3.92. The number of carbonyl (C=O) groups is 1. The molecule has 5 heterocycles. The van der Waals surface area contributed by atoms with Gasteiger partial charge in [-0.15, -0.1) is 22.7 Å². The summed E-state index contributed by atoms with van der Waals surface area (Å²) in [4.78, 5) is 21.0. The first-order valence-corrected chi connectivity index (χ1v) is 17.0. The summed E-state index contributed by atoms with van der Waals surface area (Å²) in [5, 5.41) is 23.6. The zero-order valence-corrected chi connectivity index (χ0v) is 27.1. The van der Waals surface area contributed by atoms with E-state index >= 15 is 0 Å². The molecule has 8 aromatic rings. The Hall–Kier alpha value is -5.97. The van der Waals surface area contributed by atoms with Gasteiger partial charge < -0.3 is 16.4 Å². The van der Waals surface area contributed by atoms with E-state index in [4.69, 9.17) is 15.7 Å². The zero-order valence-electron chi connectivity index (χ0n) is 25.4. The fraction of sp³-hybridized carbons (Fsp3) is 0.0263. The molecule has 0 radical (unpaired) electrons. The van der Waals surface area contributed by atoms with E-state index in [0.29, 0.717) is 5.56 Å². The van der Waals surface area contributed by atoms with Gasteiger partial charge in [-0.3, -0.25) is 4.79 Å². The maximum atomic E-state index is 11.4. The lowest BCUT2D eigenvalue weighted by molar-refractivity contribution is 0.100. The van der Waals surface area contributed by atoms with Crippen LogP contribution in [0.2, 0.25) is 0 Å². The number of amides is 1. The molecule has 1 aliphatic heterocycles. The molecule has 232 valence electrons. The Morgan fingerprint density at radius 3 is 1.75 bits per heavy atom. The summed E-state index contributed by atoms with van der Waals surface area (Å²) in [6.07, 6.45) is 2.61. The molecule has 0 spiro atoms. The maximum Gasteiger partial charge on any atom is 0.248 e. The Morgan fingerprint density at radius 1 is 0.646 bits per heavy atom. The highest BCUT2D eigenvalue weighted by Gasteiger charge is 2.14. The van der Waals surface area contributed by atoms with Crippen molar-refractivity contribution < 1.29 is 4.79 Å². The van der Waals surface area contributed by atoms with Gasteiger partial charge in [-0.2, -0.15) is 10.2 Å². The molecule has 9 rings (SSSR count). The van der Waals surface area contributed by atoms with Crippen molar-refractivity contribution >= 4 is 105 Å². The lowest BCUT2D eigenvalue weighted by Crippen LogP contribution is -2.10. The number of benzene rings is 4. The number of hydrogen-bond acceptors (Lipinski definition) is 9. The first kappa shape index (κ1) is 29.4. The second-order valence-electron chi connectivity index (χ2n) is 11.1. The van der Waals surface area contributed by atoms with E-state index in [0.717, 1.165) is 72.6 Å². The summed E-state index contributed by atoms with van der Waals surface area (Å²) in [5.41, 5.74) is 11.7. The highest BCUT2D eigenvalue weighted by Crippen LogP contribution is 2.36. The topological polar surface area (TPSA) is 118 Å². The Labute approximate surface area is 283 Å². The number of nitrogens with one attached hydrogen (secondary N) is 2. The summed E-state index contributed by atoms with van der Waals surface area (Å²) >= 11 is 3.40. The van der Waals surface area contributed by atoms with Crippen LogP contribution < -0.4 is 16.4 Å². The predicted octanol–water partition coefficient (Wildman–Crippen LogP) is 9.66. The van der Waals surface area contributed by atoms with Gasteiger partial charge in [-0.05, 0) is 65.4 Å². The number of carbonyl (C=O) groups excluding carboxylic acids is 1. The summed E-state index contributed by atoms with van der Waals surface area (Å²) < 4.78 is 2.39. The molecule has 1 aliphatic rings. The van der Waals surface area contributed by atoms with Crippen molar-refractivity contribution in [2.45, 2.75) is 6.42 Å². The number of fused-ring (bicyclic) bond motifs is 6. The lowest BCUT2D eigenvalue weighted by atomic mass is 10.0. The molecule has 4 N–H and O–H groups in total. The average molecular weight is 662 g/mol. The van der Waals surface area contributed by atoms with Gasteiger partial charge in [0.05, 0.1) is 16.7 Å². The normalized spacial score (nSPS) is 12.3. The van der Waals surface area contributed by atoms with Gasteiger partial charge in [-0.25, -0.2) is 9.97 Å². The van der Waals surface area contributed by atoms with Crippen molar-refractivity contribution in [2.24, 2.45) is 15.9 Å². The van der Waals surface area contributed by atoms with Crippen LogP contribution in [-0.4, -0.2) is 27.8 Å². The first-order valence-electron chi connectivity index (χ1n) is 15.3. The van der Waals surface area contributed by atoms with Crippen molar-refractivity contribution in [1.82, 2.24) is 9.97 Å². The number of nitrogens with two attached hydrogens (primary N) is 1. The van der Waals surface area contributed by atoms with Crippen LogP contribution in [0.1, 0.15) is 22.3 Å². The van der Waals surface area contributed by atoms with E-state index in [-0.39, 0.29) is 0 Å². The fourth-order valence-corrected chi connectivity index (χ4v) is 7.56. The van der Waals surface area contributed by atoms with Crippen LogP contribution in [0.5, 0.6) is 0 Å². The van der Waals surface area contributed by atoms with Crippen LogP contribution in [0.15, 0.2) is 130 Å². The Morgan fingerprint density at radius 2 is 1.21 bits per heavy atom. The number of primary amides is 1. The molecule has 1 amide bonds. The molecule has 0 saturated carbocycles. The SMILES string of the molecule is C1=NN=C(c2ccc3c(c2)nc(Nc2ccccc2)c2ccsc23)C1.NC(=O)c1ccc2c(c1)nc(Nc1ccccc1)c1ccsc12. The van der Waals surface area contributed by atoms with Gasteiger partial charge in [0.15, 0.2) is 0 Å². The highest BCUT2D eigenvalue weighted by molar-refractivity contribution is 7.18. The molecule has 4 aromatic heterocycles.